The summed E-state index contributed by atoms with van der Waals surface area (Å²) in [5, 5.41) is 11.3. The molecule has 2 N–H and O–H groups in total. The molecule has 3 rings (SSSR count). The minimum atomic E-state index is -6.76. The largest absolute Gasteiger partial charge is 0.435 e. The van der Waals surface area contributed by atoms with Gasteiger partial charge in [-0.25, -0.2) is 13.2 Å². The Morgan fingerprint density at radius 3 is 1.86 bits per heavy atom. The van der Waals surface area contributed by atoms with Crippen LogP contribution in [0, 0.1) is 11.6 Å². The zero-order valence-corrected chi connectivity index (χ0v) is 21.4. The minimum Gasteiger partial charge on any atom is -0.320 e. The number of carbonyl (C=O) groups excluding carboxylic acids is 2. The topological polar surface area (TPSA) is 69.6 Å². The average molecular weight is 683 g/mol. The van der Waals surface area contributed by atoms with Gasteiger partial charge in [0.1, 0.15) is 11.5 Å². The van der Waals surface area contributed by atoms with Crippen LogP contribution >= 0.6 is 15.9 Å². The maximum atomic E-state index is 15.1. The van der Waals surface area contributed by atoms with Crippen molar-refractivity contribution in [3.05, 3.63) is 93.0 Å². The van der Waals surface area contributed by atoms with Crippen molar-refractivity contribution in [3.8, 4) is 0 Å². The van der Waals surface area contributed by atoms with Crippen LogP contribution in [0.5, 0.6) is 0 Å². The molecule has 0 bridgehead atoms. The lowest BCUT2D eigenvalue weighted by Crippen LogP contribution is -2.50. The van der Waals surface area contributed by atoms with E-state index in [1.807, 2.05) is 0 Å². The van der Waals surface area contributed by atoms with Gasteiger partial charge >= 0.3 is 24.2 Å². The lowest BCUT2D eigenvalue weighted by Gasteiger charge is -2.31. The molecule has 0 aliphatic heterocycles. The molecule has 0 radical (unpaired) electrons. The lowest BCUT2D eigenvalue weighted by atomic mass is 9.92. The summed E-state index contributed by atoms with van der Waals surface area (Å²) in [6.07, 6.45) is -19.3. The summed E-state index contributed by atoms with van der Waals surface area (Å²) < 4.78 is 161. The number of amides is 2. The third kappa shape index (κ3) is 6.04. The average Bonchev–Trinajstić information content (AvgIpc) is 2.86. The predicted octanol–water partition coefficient (Wildman–Crippen LogP) is 8.32. The molecule has 0 saturated heterocycles. The molecule has 0 aliphatic rings. The van der Waals surface area contributed by atoms with Gasteiger partial charge in [-0.15, -0.1) is 0 Å². The molecule has 0 aliphatic carbocycles. The molecule has 0 unspecified atom stereocenters. The van der Waals surface area contributed by atoms with Crippen LogP contribution in [0.15, 0.2) is 59.1 Å². The van der Waals surface area contributed by atoms with Crippen molar-refractivity contribution in [2.75, 3.05) is 10.4 Å². The number of hydrogen-bond acceptors (Lipinski definition) is 3. The first-order valence-electron chi connectivity index (χ1n) is 10.7. The quantitative estimate of drug-likeness (QED) is 0.162. The Labute approximate surface area is 234 Å². The predicted molar refractivity (Wildman–Crippen MR) is 123 cm³/mol. The van der Waals surface area contributed by atoms with Crippen LogP contribution in [-0.2, 0) is 11.8 Å². The number of halogens is 13. The van der Waals surface area contributed by atoms with Crippen LogP contribution in [-0.4, -0.2) is 29.4 Å². The highest BCUT2D eigenvalue weighted by molar-refractivity contribution is 9.10. The van der Waals surface area contributed by atoms with Crippen LogP contribution in [0.3, 0.4) is 0 Å². The number of hydroxylamine groups is 1. The van der Waals surface area contributed by atoms with Crippen LogP contribution in [0.4, 0.5) is 64.1 Å². The van der Waals surface area contributed by atoms with Crippen LogP contribution in [0.25, 0.3) is 0 Å². The Bertz CT molecular complexity index is 1510. The van der Waals surface area contributed by atoms with E-state index in [1.165, 1.54) is 5.32 Å². The number of nitrogens with one attached hydrogen (secondary N) is 1. The number of hydrogen-bond donors (Lipinski definition) is 2. The molecule has 0 saturated carbocycles. The van der Waals surface area contributed by atoms with Gasteiger partial charge in [0.2, 0.25) is 0 Å². The van der Waals surface area contributed by atoms with E-state index in [9.17, 15) is 63.1 Å². The van der Waals surface area contributed by atoms with Crippen molar-refractivity contribution < 1.29 is 67.5 Å². The third-order valence-electron chi connectivity index (χ3n) is 5.55. The highest BCUT2D eigenvalue weighted by Gasteiger charge is 2.73. The van der Waals surface area contributed by atoms with Crippen molar-refractivity contribution in [3.63, 3.8) is 0 Å². The Kier molecular flexibility index (Phi) is 8.66. The SMILES string of the molecule is O=C(Nc1c(Br)cc(C(F)(C(F)(F)F)C(F)(F)F)cc1C(F)(F)F)c1cccc(N(O)C(=O)c2ccc(F)cc2)c1F. The summed E-state index contributed by atoms with van der Waals surface area (Å²) in [5.41, 5.74) is -15.2. The van der Waals surface area contributed by atoms with Crippen LogP contribution in [0.2, 0.25) is 0 Å². The van der Waals surface area contributed by atoms with E-state index < -0.39 is 86.3 Å². The van der Waals surface area contributed by atoms with E-state index in [4.69, 9.17) is 0 Å². The standard InChI is InChI=1S/C24H11BrF12N2O3/c25-15-9-11(21(28,23(32,33)34)24(35,36)37)8-14(22(29,30)31)18(15)38-19(40)13-2-1-3-16(17(13)27)39(42)20(41)10-4-6-12(26)7-5-10/h1-9,42H,(H,38,40). The molecule has 0 aromatic heterocycles. The van der Waals surface area contributed by atoms with Crippen LogP contribution in [0.1, 0.15) is 31.8 Å². The lowest BCUT2D eigenvalue weighted by molar-refractivity contribution is -0.348. The Morgan fingerprint density at radius 1 is 0.810 bits per heavy atom. The van der Waals surface area contributed by atoms with Crippen molar-refractivity contribution in [1.82, 2.24) is 0 Å². The second kappa shape index (κ2) is 11.1. The van der Waals surface area contributed by atoms with Gasteiger partial charge in [0.15, 0.2) is 5.82 Å². The number of nitrogens with zero attached hydrogens (tertiary/aromatic N) is 1. The van der Waals surface area contributed by atoms with E-state index >= 15 is 4.39 Å². The summed E-state index contributed by atoms with van der Waals surface area (Å²) in [6.45, 7) is 0. The third-order valence-corrected chi connectivity index (χ3v) is 6.17. The molecule has 3 aromatic rings. The molecule has 0 fully saturated rings. The first kappa shape index (κ1) is 32.7. The summed E-state index contributed by atoms with van der Waals surface area (Å²) in [6, 6.07) is 4.56. The van der Waals surface area contributed by atoms with Crippen molar-refractivity contribution >= 4 is 39.1 Å². The first-order chi connectivity index (χ1) is 19.1. The maximum Gasteiger partial charge on any atom is 0.435 e. The molecule has 0 spiro atoms. The van der Waals surface area contributed by atoms with Gasteiger partial charge in [-0.3, -0.25) is 14.8 Å². The summed E-state index contributed by atoms with van der Waals surface area (Å²) in [5.74, 6) is -5.61. The second-order valence-electron chi connectivity index (χ2n) is 8.25. The Morgan fingerprint density at radius 2 is 1.36 bits per heavy atom. The van der Waals surface area contributed by atoms with Crippen LogP contribution < -0.4 is 10.4 Å². The second-order valence-corrected chi connectivity index (χ2v) is 9.10. The maximum absolute atomic E-state index is 15.1. The van der Waals surface area contributed by atoms with Crippen molar-refractivity contribution in [2.24, 2.45) is 0 Å². The van der Waals surface area contributed by atoms with E-state index in [0.717, 1.165) is 36.4 Å². The fraction of sp³-hybridized carbons (Fsp3) is 0.167. The van der Waals surface area contributed by atoms with E-state index in [1.54, 1.807) is 0 Å². The molecule has 42 heavy (non-hydrogen) atoms. The van der Waals surface area contributed by atoms with Gasteiger partial charge in [0, 0.05) is 15.6 Å². The molecule has 2 amide bonds. The Balaban J connectivity index is 2.07. The highest BCUT2D eigenvalue weighted by Crippen LogP contribution is 2.55. The van der Waals surface area contributed by atoms with Gasteiger partial charge in [-0.1, -0.05) is 6.07 Å². The van der Waals surface area contributed by atoms with Gasteiger partial charge in [0.05, 0.1) is 16.8 Å². The zero-order valence-electron chi connectivity index (χ0n) is 19.8. The van der Waals surface area contributed by atoms with Gasteiger partial charge in [0.25, 0.3) is 11.8 Å². The van der Waals surface area contributed by atoms with Crippen molar-refractivity contribution in [1.29, 1.82) is 0 Å². The number of anilines is 2. The summed E-state index contributed by atoms with van der Waals surface area (Å²) in [7, 11) is 0. The smallest absolute Gasteiger partial charge is 0.320 e. The number of rotatable bonds is 5. The van der Waals surface area contributed by atoms with Gasteiger partial charge in [-0.05, 0) is 64.5 Å². The number of benzene rings is 3. The summed E-state index contributed by atoms with van der Waals surface area (Å²) >= 11 is 2.29. The normalized spacial score (nSPS) is 12.7. The van der Waals surface area contributed by atoms with Gasteiger partial charge < -0.3 is 5.32 Å². The van der Waals surface area contributed by atoms with E-state index in [2.05, 4.69) is 15.9 Å². The van der Waals surface area contributed by atoms with E-state index in [-0.39, 0.29) is 16.7 Å². The molecule has 226 valence electrons. The molecule has 5 nitrogen and oxygen atoms in total. The number of alkyl halides is 10. The molecule has 18 heteroatoms. The molecule has 0 heterocycles. The summed E-state index contributed by atoms with van der Waals surface area (Å²) in [4.78, 5) is 25.1. The molecule has 0 atom stereocenters. The monoisotopic (exact) mass is 682 g/mol. The number of carbonyl (C=O) groups is 2. The van der Waals surface area contributed by atoms with Crippen molar-refractivity contribution in [2.45, 2.75) is 24.2 Å². The Hall–Kier alpha value is -3.80. The fourth-order valence-corrected chi connectivity index (χ4v) is 4.07. The highest BCUT2D eigenvalue weighted by atomic mass is 79.9. The first-order valence-corrected chi connectivity index (χ1v) is 11.5. The fourth-order valence-electron chi connectivity index (χ4n) is 3.51. The molecule has 3 aromatic carbocycles. The zero-order chi connectivity index (χ0) is 32.0. The van der Waals surface area contributed by atoms with Gasteiger partial charge in [-0.2, -0.15) is 44.6 Å². The molecular weight excluding hydrogens is 672 g/mol. The minimum absolute atomic E-state index is 0.296. The molecular formula is C24H11BrF12N2O3. The van der Waals surface area contributed by atoms with E-state index in [0.29, 0.717) is 6.07 Å².